The summed E-state index contributed by atoms with van der Waals surface area (Å²) in [5, 5.41) is 0. The van der Waals surface area contributed by atoms with E-state index in [9.17, 15) is 9.18 Å². The second-order valence-electron chi connectivity index (χ2n) is 3.58. The maximum absolute atomic E-state index is 13.2. The smallest absolute Gasteiger partial charge is 0.303 e. The van der Waals surface area contributed by atoms with Gasteiger partial charge in [0.15, 0.2) is 0 Å². The molecular formula is C9H15FO2. The standard InChI is InChI=1S/C9H15FO2/c1-6-3-4-9(8(10)5-6)12-7(2)11/h6,8-9H,3-5H2,1-2H3. The Morgan fingerprint density at radius 1 is 1.50 bits per heavy atom. The van der Waals surface area contributed by atoms with Gasteiger partial charge in [-0.15, -0.1) is 0 Å². The molecule has 1 fully saturated rings. The first kappa shape index (κ1) is 9.49. The van der Waals surface area contributed by atoms with Crippen LogP contribution in [0.5, 0.6) is 0 Å². The molecule has 1 aliphatic carbocycles. The van der Waals surface area contributed by atoms with Gasteiger partial charge < -0.3 is 4.74 Å². The number of alkyl halides is 1. The van der Waals surface area contributed by atoms with Crippen molar-refractivity contribution in [1.82, 2.24) is 0 Å². The van der Waals surface area contributed by atoms with Gasteiger partial charge in [-0.3, -0.25) is 4.79 Å². The van der Waals surface area contributed by atoms with E-state index in [4.69, 9.17) is 4.74 Å². The summed E-state index contributed by atoms with van der Waals surface area (Å²) in [4.78, 5) is 10.6. The van der Waals surface area contributed by atoms with Crippen LogP contribution in [-0.4, -0.2) is 18.2 Å². The fraction of sp³-hybridized carbons (Fsp3) is 0.889. The lowest BCUT2D eigenvalue weighted by Crippen LogP contribution is -2.33. The zero-order valence-corrected chi connectivity index (χ0v) is 7.55. The third kappa shape index (κ3) is 2.47. The molecule has 1 aliphatic rings. The van der Waals surface area contributed by atoms with Gasteiger partial charge in [0.25, 0.3) is 0 Å². The van der Waals surface area contributed by atoms with Crippen molar-refractivity contribution in [3.63, 3.8) is 0 Å². The molecule has 2 nitrogen and oxygen atoms in total. The Labute approximate surface area is 72.1 Å². The summed E-state index contributed by atoms with van der Waals surface area (Å²) in [6.07, 6.45) is 0.703. The molecule has 3 heteroatoms. The maximum atomic E-state index is 13.2. The van der Waals surface area contributed by atoms with Gasteiger partial charge in [0.05, 0.1) is 0 Å². The molecule has 70 valence electrons. The molecule has 1 rings (SSSR count). The van der Waals surface area contributed by atoms with E-state index in [1.165, 1.54) is 6.92 Å². The van der Waals surface area contributed by atoms with E-state index in [1.807, 2.05) is 6.92 Å². The van der Waals surface area contributed by atoms with Crippen molar-refractivity contribution in [3.8, 4) is 0 Å². The average Bonchev–Trinajstić information content (AvgIpc) is 1.94. The summed E-state index contributed by atoms with van der Waals surface area (Å²) in [6.45, 7) is 3.35. The van der Waals surface area contributed by atoms with Crippen molar-refractivity contribution in [2.75, 3.05) is 0 Å². The number of carbonyl (C=O) groups excluding carboxylic acids is 1. The number of ether oxygens (including phenoxy) is 1. The highest BCUT2D eigenvalue weighted by atomic mass is 19.1. The van der Waals surface area contributed by atoms with E-state index in [0.29, 0.717) is 18.8 Å². The first-order valence-corrected chi connectivity index (χ1v) is 4.41. The van der Waals surface area contributed by atoms with Gasteiger partial charge in [0.2, 0.25) is 0 Å². The van der Waals surface area contributed by atoms with Crippen molar-refractivity contribution < 1.29 is 13.9 Å². The SMILES string of the molecule is CC(=O)OC1CCC(C)CC1F. The minimum absolute atomic E-state index is 0.378. The number of carbonyl (C=O) groups is 1. The van der Waals surface area contributed by atoms with Gasteiger partial charge in [-0.1, -0.05) is 6.92 Å². The van der Waals surface area contributed by atoms with E-state index in [-0.39, 0.29) is 5.97 Å². The highest BCUT2D eigenvalue weighted by Crippen LogP contribution is 2.28. The van der Waals surface area contributed by atoms with E-state index in [0.717, 1.165) is 6.42 Å². The zero-order valence-electron chi connectivity index (χ0n) is 7.55. The molecule has 0 N–H and O–H groups in total. The summed E-state index contributed by atoms with van der Waals surface area (Å²) in [6, 6.07) is 0. The van der Waals surface area contributed by atoms with Gasteiger partial charge in [-0.2, -0.15) is 0 Å². The molecule has 0 amide bonds. The van der Waals surface area contributed by atoms with Gasteiger partial charge in [-0.05, 0) is 25.2 Å². The van der Waals surface area contributed by atoms with Gasteiger partial charge in [0, 0.05) is 6.92 Å². The summed E-state index contributed by atoms with van der Waals surface area (Å²) in [5.74, 6) is 0.0454. The van der Waals surface area contributed by atoms with Crippen LogP contribution in [0.2, 0.25) is 0 Å². The minimum Gasteiger partial charge on any atom is -0.459 e. The predicted octanol–water partition coefficient (Wildman–Crippen LogP) is 2.08. The molecule has 0 spiro atoms. The molecule has 0 bridgehead atoms. The Morgan fingerprint density at radius 3 is 2.67 bits per heavy atom. The molecular weight excluding hydrogens is 159 g/mol. The molecule has 0 heterocycles. The van der Waals surface area contributed by atoms with Crippen molar-refractivity contribution in [2.45, 2.75) is 45.4 Å². The Kier molecular flexibility index (Phi) is 3.06. The molecule has 0 saturated heterocycles. The topological polar surface area (TPSA) is 26.3 Å². The largest absolute Gasteiger partial charge is 0.459 e. The highest BCUT2D eigenvalue weighted by Gasteiger charge is 2.30. The monoisotopic (exact) mass is 174 g/mol. The molecule has 0 aromatic heterocycles. The zero-order chi connectivity index (χ0) is 9.14. The number of hydrogen-bond acceptors (Lipinski definition) is 2. The lowest BCUT2D eigenvalue weighted by molar-refractivity contribution is -0.152. The fourth-order valence-electron chi connectivity index (χ4n) is 1.63. The van der Waals surface area contributed by atoms with E-state index in [1.54, 1.807) is 0 Å². The molecule has 3 unspecified atom stereocenters. The third-order valence-electron chi connectivity index (χ3n) is 2.29. The van der Waals surface area contributed by atoms with Crippen LogP contribution in [0.1, 0.15) is 33.1 Å². The quantitative estimate of drug-likeness (QED) is 0.569. The van der Waals surface area contributed by atoms with Crippen LogP contribution in [-0.2, 0) is 9.53 Å². The fourth-order valence-corrected chi connectivity index (χ4v) is 1.63. The molecule has 0 radical (unpaired) electrons. The second kappa shape index (κ2) is 3.87. The normalized spacial score (nSPS) is 36.1. The number of hydrogen-bond donors (Lipinski definition) is 0. The number of esters is 1. The Morgan fingerprint density at radius 2 is 2.17 bits per heavy atom. The van der Waals surface area contributed by atoms with Crippen LogP contribution < -0.4 is 0 Å². The Balaban J connectivity index is 2.39. The number of halogens is 1. The van der Waals surface area contributed by atoms with Crippen LogP contribution in [0.15, 0.2) is 0 Å². The second-order valence-corrected chi connectivity index (χ2v) is 3.58. The summed E-state index contributed by atoms with van der Waals surface area (Å²) < 4.78 is 18.0. The molecule has 12 heavy (non-hydrogen) atoms. The van der Waals surface area contributed by atoms with Gasteiger partial charge in [0.1, 0.15) is 12.3 Å². The number of rotatable bonds is 1. The Hall–Kier alpha value is -0.600. The first-order chi connectivity index (χ1) is 5.59. The maximum Gasteiger partial charge on any atom is 0.303 e. The van der Waals surface area contributed by atoms with Gasteiger partial charge in [-0.25, -0.2) is 4.39 Å². The average molecular weight is 174 g/mol. The molecule has 3 atom stereocenters. The van der Waals surface area contributed by atoms with Crippen LogP contribution in [0.25, 0.3) is 0 Å². The summed E-state index contributed by atoms with van der Waals surface area (Å²) in [7, 11) is 0. The summed E-state index contributed by atoms with van der Waals surface area (Å²) in [5.41, 5.74) is 0. The van der Waals surface area contributed by atoms with Crippen LogP contribution >= 0.6 is 0 Å². The molecule has 0 aliphatic heterocycles. The minimum atomic E-state index is -0.961. The van der Waals surface area contributed by atoms with E-state index in [2.05, 4.69) is 0 Å². The highest BCUT2D eigenvalue weighted by molar-refractivity contribution is 5.66. The molecule has 1 saturated carbocycles. The molecule has 0 aromatic rings. The van der Waals surface area contributed by atoms with Crippen molar-refractivity contribution in [1.29, 1.82) is 0 Å². The molecule has 0 aromatic carbocycles. The van der Waals surface area contributed by atoms with Crippen LogP contribution in [0.4, 0.5) is 4.39 Å². The van der Waals surface area contributed by atoms with Crippen molar-refractivity contribution >= 4 is 5.97 Å². The van der Waals surface area contributed by atoms with Crippen LogP contribution in [0, 0.1) is 5.92 Å². The third-order valence-corrected chi connectivity index (χ3v) is 2.29. The van der Waals surface area contributed by atoms with Crippen molar-refractivity contribution in [2.24, 2.45) is 5.92 Å². The first-order valence-electron chi connectivity index (χ1n) is 4.41. The lowest BCUT2D eigenvalue weighted by Gasteiger charge is -2.28. The summed E-state index contributed by atoms with van der Waals surface area (Å²) >= 11 is 0. The van der Waals surface area contributed by atoms with E-state index >= 15 is 0 Å². The van der Waals surface area contributed by atoms with Gasteiger partial charge >= 0.3 is 5.97 Å². The Bertz CT molecular complexity index is 170. The lowest BCUT2D eigenvalue weighted by atomic mass is 9.87. The predicted molar refractivity (Wildman–Crippen MR) is 43.5 cm³/mol. The van der Waals surface area contributed by atoms with Crippen LogP contribution in [0.3, 0.4) is 0 Å². The van der Waals surface area contributed by atoms with E-state index < -0.39 is 12.3 Å². The van der Waals surface area contributed by atoms with Crippen molar-refractivity contribution in [3.05, 3.63) is 0 Å².